The van der Waals surface area contributed by atoms with Gasteiger partial charge < -0.3 is 19.7 Å². The Labute approximate surface area is 363 Å². The van der Waals surface area contributed by atoms with Crippen molar-refractivity contribution in [1.82, 2.24) is 24.1 Å². The first kappa shape index (κ1) is 45.5. The van der Waals surface area contributed by atoms with Gasteiger partial charge in [0.2, 0.25) is 31.9 Å². The second-order valence-electron chi connectivity index (χ2n) is 17.6. The van der Waals surface area contributed by atoms with Crippen molar-refractivity contribution in [3.63, 3.8) is 0 Å². The van der Waals surface area contributed by atoms with Crippen LogP contribution in [-0.4, -0.2) is 114 Å². The molecule has 63 heavy (non-hydrogen) atoms. The van der Waals surface area contributed by atoms with E-state index in [1.54, 1.807) is 39.0 Å². The zero-order chi connectivity index (χ0) is 45.6. The van der Waals surface area contributed by atoms with Gasteiger partial charge in [0, 0.05) is 49.5 Å². The Hall–Kier alpha value is -5.48. The molecule has 0 aromatic heterocycles. The van der Waals surface area contributed by atoms with Crippen LogP contribution in [-0.2, 0) is 61.8 Å². The fraction of sp³-hybridized carbons (Fsp3) is 0.537. The number of benzene rings is 2. The third-order valence-corrected chi connectivity index (χ3v) is 15.5. The van der Waals surface area contributed by atoms with Gasteiger partial charge in [-0.3, -0.25) is 38.9 Å². The van der Waals surface area contributed by atoms with Crippen molar-refractivity contribution >= 4 is 55.5 Å². The summed E-state index contributed by atoms with van der Waals surface area (Å²) in [4.78, 5) is 83.0. The van der Waals surface area contributed by atoms with Crippen LogP contribution in [0.3, 0.4) is 0 Å². The van der Waals surface area contributed by atoms with Crippen LogP contribution < -0.4 is 10.0 Å². The Kier molecular flexibility index (Phi) is 12.5. The Morgan fingerprint density at radius 2 is 1.75 bits per heavy atom. The summed E-state index contributed by atoms with van der Waals surface area (Å²) in [6.07, 6.45) is 0.494. The number of hydrogen-bond donors (Lipinski definition) is 2. The van der Waals surface area contributed by atoms with Gasteiger partial charge in [-0.1, -0.05) is 36.4 Å². The lowest BCUT2D eigenvalue weighted by atomic mass is 9.98. The van der Waals surface area contributed by atoms with E-state index in [0.29, 0.717) is 24.0 Å². The van der Waals surface area contributed by atoms with Crippen LogP contribution in [0.4, 0.5) is 14.9 Å². The van der Waals surface area contributed by atoms with E-state index in [4.69, 9.17) is 9.47 Å². The number of nitrogens with zero attached hydrogens (tertiary/aromatic N) is 4. The molecule has 1 saturated heterocycles. The van der Waals surface area contributed by atoms with Crippen LogP contribution in [0, 0.1) is 27.8 Å². The van der Waals surface area contributed by atoms with E-state index in [-0.39, 0.29) is 51.9 Å². The highest BCUT2D eigenvalue weighted by Gasteiger charge is 2.62. The molecule has 0 bridgehead atoms. The lowest BCUT2D eigenvalue weighted by Crippen LogP contribution is -2.57. The number of sulfonamides is 2. The minimum Gasteiger partial charge on any atom is -0.460 e. The van der Waals surface area contributed by atoms with E-state index in [1.807, 2.05) is 0 Å². The second kappa shape index (κ2) is 17.2. The monoisotopic (exact) mass is 916 g/mol. The topological polar surface area (TPSA) is 249 Å². The SMILES string of the molecule is CC(C)(C)OC(=O)C[C@H]1CCN(S(=O)(=O)c2ccccc2[N+](=O)[O-])CC/C=C\[C@@H]2C[C@@]2(C(=O)NS(=O)(=O)C2CC2)NC(=O)[C@@H]2C[C@@H](OC(=O)N3Cc4cccc(F)c4C3)CN2C1=O. The molecule has 2 aliphatic carbocycles. The summed E-state index contributed by atoms with van der Waals surface area (Å²) in [5.74, 6) is -6.18. The molecule has 0 spiro atoms. The summed E-state index contributed by atoms with van der Waals surface area (Å²) in [6.45, 7) is 3.67. The smallest absolute Gasteiger partial charge is 0.410 e. The molecule has 4 amide bonds. The summed E-state index contributed by atoms with van der Waals surface area (Å²) in [7, 11) is -8.74. The fourth-order valence-electron chi connectivity index (χ4n) is 8.30. The van der Waals surface area contributed by atoms with E-state index in [1.165, 1.54) is 29.2 Å². The third kappa shape index (κ3) is 9.86. The summed E-state index contributed by atoms with van der Waals surface area (Å²) >= 11 is 0. The minimum absolute atomic E-state index is 0.0103. The molecule has 22 heteroatoms. The first-order valence-corrected chi connectivity index (χ1v) is 23.6. The Balaban J connectivity index is 1.24. The van der Waals surface area contributed by atoms with Crippen LogP contribution in [0.5, 0.6) is 0 Å². The normalized spacial score (nSPS) is 26.2. The maximum Gasteiger partial charge on any atom is 0.410 e. The maximum atomic E-state index is 14.8. The third-order valence-electron chi connectivity index (χ3n) is 11.8. The van der Waals surface area contributed by atoms with E-state index < -0.39 is 124 Å². The first-order chi connectivity index (χ1) is 29.6. The van der Waals surface area contributed by atoms with Gasteiger partial charge in [0.25, 0.3) is 11.6 Å². The van der Waals surface area contributed by atoms with Gasteiger partial charge in [0.15, 0.2) is 4.90 Å². The van der Waals surface area contributed by atoms with Gasteiger partial charge in [0.1, 0.15) is 29.1 Å². The van der Waals surface area contributed by atoms with Crippen molar-refractivity contribution in [2.24, 2.45) is 11.8 Å². The minimum atomic E-state index is -4.64. The number of halogens is 1. The molecule has 2 N–H and O–H groups in total. The molecule has 3 fully saturated rings. The highest BCUT2D eigenvalue weighted by molar-refractivity contribution is 7.91. The molecule has 3 aliphatic heterocycles. The van der Waals surface area contributed by atoms with Gasteiger partial charge in [-0.15, -0.1) is 0 Å². The van der Waals surface area contributed by atoms with Gasteiger partial charge in [-0.25, -0.2) is 26.0 Å². The molecule has 5 aliphatic rings. The quantitative estimate of drug-likeness (QED) is 0.159. The average molecular weight is 917 g/mol. The van der Waals surface area contributed by atoms with E-state index >= 15 is 0 Å². The van der Waals surface area contributed by atoms with E-state index in [2.05, 4.69) is 10.0 Å². The van der Waals surface area contributed by atoms with Crippen molar-refractivity contribution in [2.75, 3.05) is 19.6 Å². The van der Waals surface area contributed by atoms with E-state index in [0.717, 1.165) is 21.3 Å². The molecule has 0 unspecified atom stereocenters. The van der Waals surface area contributed by atoms with Crippen molar-refractivity contribution in [3.05, 3.63) is 81.7 Å². The van der Waals surface area contributed by atoms with E-state index in [9.17, 15) is 55.3 Å². The van der Waals surface area contributed by atoms with Crippen LogP contribution in [0.25, 0.3) is 0 Å². The van der Waals surface area contributed by atoms with Crippen LogP contribution >= 0.6 is 0 Å². The number of carbonyl (C=O) groups is 5. The number of amides is 4. The molecular weight excluding hydrogens is 868 g/mol. The summed E-state index contributed by atoms with van der Waals surface area (Å²) in [6, 6.07) is 7.76. The van der Waals surface area contributed by atoms with Crippen LogP contribution in [0.15, 0.2) is 59.5 Å². The molecule has 5 atom stereocenters. The number of carbonyl (C=O) groups excluding carboxylic acids is 5. The summed E-state index contributed by atoms with van der Waals surface area (Å²) in [5, 5.41) is 13.9. The number of nitro groups is 1. The number of fused-ring (bicyclic) bond motifs is 3. The number of esters is 1. The lowest BCUT2D eigenvalue weighted by molar-refractivity contribution is -0.387. The van der Waals surface area contributed by atoms with Crippen LogP contribution in [0.2, 0.25) is 0 Å². The van der Waals surface area contributed by atoms with Gasteiger partial charge >= 0.3 is 12.1 Å². The Morgan fingerprint density at radius 1 is 1.02 bits per heavy atom. The molecule has 0 radical (unpaired) electrons. The first-order valence-electron chi connectivity index (χ1n) is 20.6. The van der Waals surface area contributed by atoms with Crippen molar-refractivity contribution in [2.45, 2.75) is 112 Å². The molecule has 19 nitrogen and oxygen atoms in total. The fourth-order valence-corrected chi connectivity index (χ4v) is 11.3. The van der Waals surface area contributed by atoms with Crippen LogP contribution in [0.1, 0.15) is 76.8 Å². The number of ether oxygens (including phenoxy) is 2. The van der Waals surface area contributed by atoms with Gasteiger partial charge in [-0.2, -0.15) is 4.31 Å². The Morgan fingerprint density at radius 3 is 2.43 bits per heavy atom. The molecule has 340 valence electrons. The summed E-state index contributed by atoms with van der Waals surface area (Å²) < 4.78 is 83.4. The predicted molar refractivity (Wildman–Crippen MR) is 219 cm³/mol. The molecule has 2 saturated carbocycles. The highest BCUT2D eigenvalue weighted by Crippen LogP contribution is 2.46. The number of hydrogen-bond acceptors (Lipinski definition) is 13. The van der Waals surface area contributed by atoms with Gasteiger partial charge in [0.05, 0.1) is 29.7 Å². The highest BCUT2D eigenvalue weighted by atomic mass is 32.2. The predicted octanol–water partition coefficient (Wildman–Crippen LogP) is 3.03. The number of nitro benzene ring substituents is 1. The Bertz CT molecular complexity index is 2470. The zero-order valence-electron chi connectivity index (χ0n) is 34.9. The molecule has 7 rings (SSSR count). The molecule has 2 aromatic rings. The van der Waals surface area contributed by atoms with Crippen molar-refractivity contribution < 1.29 is 59.6 Å². The maximum absolute atomic E-state index is 14.8. The van der Waals surface area contributed by atoms with Crippen molar-refractivity contribution in [3.8, 4) is 0 Å². The number of nitrogens with one attached hydrogen (secondary N) is 2. The average Bonchev–Trinajstić information content (AvgIpc) is 4.09. The van der Waals surface area contributed by atoms with Gasteiger partial charge in [-0.05, 0) is 70.6 Å². The molecule has 2 aromatic carbocycles. The second-order valence-corrected chi connectivity index (χ2v) is 21.4. The number of rotatable bonds is 9. The lowest BCUT2D eigenvalue weighted by Gasteiger charge is -2.30. The largest absolute Gasteiger partial charge is 0.460 e. The molecule has 3 heterocycles. The van der Waals surface area contributed by atoms with Crippen molar-refractivity contribution in [1.29, 1.82) is 0 Å². The number of para-hydroxylation sites is 1. The molecular formula is C41H49FN6O13S2. The standard InChI is InChI=1S/C41H49FN6O13S2/c1-40(2,3)61-35(49)19-25-16-18-46(63(58,59)34-13-5-4-12-32(34)48(54)55)17-7-6-10-27-21-41(27,38(52)44-62(56,57)29-14-15-29)43-36(50)33-20-28(23-47(33)37(25)51)60-39(53)45-22-26-9-8-11-31(42)30(26)24-45/h4-6,8-13,25,27-29,33H,7,14-24H2,1-3H3,(H,43,50)(H,44,52)/b10-6-/t25-,27-,28-,33+,41-/m1/s1. The summed E-state index contributed by atoms with van der Waals surface area (Å²) in [5.41, 5.74) is -2.61. The zero-order valence-corrected chi connectivity index (χ0v) is 36.5.